The van der Waals surface area contributed by atoms with Gasteiger partial charge in [-0.15, -0.1) is 23.5 Å². The monoisotopic (exact) mass is 264 g/mol. The lowest BCUT2D eigenvalue weighted by molar-refractivity contribution is -0.114. The van der Waals surface area contributed by atoms with Crippen LogP contribution in [0.25, 0.3) is 0 Å². The zero-order valence-electron chi connectivity index (χ0n) is 10.1. The zero-order valence-corrected chi connectivity index (χ0v) is 11.7. The van der Waals surface area contributed by atoms with Gasteiger partial charge in [-0.1, -0.05) is 36.8 Å². The van der Waals surface area contributed by atoms with Gasteiger partial charge in [0, 0.05) is 22.0 Å². The van der Waals surface area contributed by atoms with Crippen molar-refractivity contribution in [1.82, 2.24) is 0 Å². The molecule has 0 saturated heterocycles. The molecule has 0 aliphatic carbocycles. The maximum Gasteiger partial charge on any atom is 0.158 e. The standard InChI is InChI=1S/C14H16OS2/c1-3-16-14-9-12(15)8-13(17-14)11-6-4-10(2)5-7-11/h4-7,9,13H,3,8H2,1-2H3/t13-/m0/s1. The number of hydrogen-bond acceptors (Lipinski definition) is 3. The summed E-state index contributed by atoms with van der Waals surface area (Å²) < 4.78 is 1.16. The molecular weight excluding hydrogens is 248 g/mol. The van der Waals surface area contributed by atoms with Crippen LogP contribution in [0.15, 0.2) is 34.6 Å². The van der Waals surface area contributed by atoms with E-state index in [1.807, 2.05) is 11.8 Å². The Bertz CT molecular complexity index is 434. The van der Waals surface area contributed by atoms with E-state index in [-0.39, 0.29) is 5.78 Å². The normalized spacial score (nSPS) is 20.2. The average Bonchev–Trinajstić information content (AvgIpc) is 2.29. The van der Waals surface area contributed by atoms with Gasteiger partial charge in [-0.3, -0.25) is 4.79 Å². The van der Waals surface area contributed by atoms with Crippen LogP contribution in [0.3, 0.4) is 0 Å². The zero-order chi connectivity index (χ0) is 12.3. The Labute approximate surface area is 111 Å². The van der Waals surface area contributed by atoms with Crippen molar-refractivity contribution in [2.45, 2.75) is 25.5 Å². The summed E-state index contributed by atoms with van der Waals surface area (Å²) in [6.07, 6.45) is 2.42. The second kappa shape index (κ2) is 5.78. The fourth-order valence-electron chi connectivity index (χ4n) is 1.77. The highest BCUT2D eigenvalue weighted by atomic mass is 32.2. The number of benzene rings is 1. The maximum atomic E-state index is 11.7. The number of ketones is 1. The Morgan fingerprint density at radius 3 is 2.71 bits per heavy atom. The largest absolute Gasteiger partial charge is 0.295 e. The molecule has 1 heterocycles. The molecular formula is C14H16OS2. The first-order valence-corrected chi connectivity index (χ1v) is 7.66. The van der Waals surface area contributed by atoms with Crippen LogP contribution in [0.2, 0.25) is 0 Å². The van der Waals surface area contributed by atoms with Crippen LogP contribution in [0, 0.1) is 6.92 Å². The van der Waals surface area contributed by atoms with Crippen molar-refractivity contribution in [2.75, 3.05) is 5.75 Å². The number of allylic oxidation sites excluding steroid dienone is 1. The van der Waals surface area contributed by atoms with Crippen LogP contribution in [0.5, 0.6) is 0 Å². The van der Waals surface area contributed by atoms with Gasteiger partial charge in [0.1, 0.15) is 0 Å². The predicted octanol–water partition coefficient (Wildman–Crippen LogP) is 4.34. The number of carbonyl (C=O) groups is 1. The molecule has 0 bridgehead atoms. The Morgan fingerprint density at radius 2 is 2.06 bits per heavy atom. The highest BCUT2D eigenvalue weighted by Crippen LogP contribution is 2.45. The Hall–Kier alpha value is -0.670. The van der Waals surface area contributed by atoms with E-state index in [0.29, 0.717) is 11.7 Å². The van der Waals surface area contributed by atoms with Crippen LogP contribution in [0.1, 0.15) is 29.7 Å². The van der Waals surface area contributed by atoms with Gasteiger partial charge in [0.15, 0.2) is 5.78 Å². The molecule has 2 rings (SSSR count). The molecule has 0 unspecified atom stereocenters. The molecule has 0 fully saturated rings. The molecule has 0 amide bonds. The van der Waals surface area contributed by atoms with Crippen LogP contribution in [-0.4, -0.2) is 11.5 Å². The van der Waals surface area contributed by atoms with Crippen molar-refractivity contribution < 1.29 is 4.79 Å². The third-order valence-electron chi connectivity index (χ3n) is 2.66. The molecule has 0 aromatic heterocycles. The second-order valence-corrected chi connectivity index (χ2v) is 6.89. The molecule has 1 aliphatic rings. The van der Waals surface area contributed by atoms with E-state index in [1.165, 1.54) is 11.1 Å². The highest BCUT2D eigenvalue weighted by Gasteiger charge is 2.22. The minimum Gasteiger partial charge on any atom is -0.295 e. The van der Waals surface area contributed by atoms with Gasteiger partial charge >= 0.3 is 0 Å². The Kier molecular flexibility index (Phi) is 4.35. The van der Waals surface area contributed by atoms with E-state index in [0.717, 1.165) is 9.99 Å². The van der Waals surface area contributed by atoms with Crippen molar-refractivity contribution >= 4 is 29.3 Å². The fraction of sp³-hybridized carbons (Fsp3) is 0.357. The smallest absolute Gasteiger partial charge is 0.158 e. The third kappa shape index (κ3) is 3.39. The topological polar surface area (TPSA) is 17.1 Å². The van der Waals surface area contributed by atoms with Crippen molar-refractivity contribution in [3.05, 3.63) is 45.7 Å². The summed E-state index contributed by atoms with van der Waals surface area (Å²) in [5, 5.41) is 0.294. The van der Waals surface area contributed by atoms with Crippen LogP contribution < -0.4 is 0 Å². The number of rotatable bonds is 3. The molecule has 0 saturated carbocycles. The Balaban J connectivity index is 2.15. The van der Waals surface area contributed by atoms with Crippen molar-refractivity contribution in [3.63, 3.8) is 0 Å². The van der Waals surface area contributed by atoms with Crippen molar-refractivity contribution in [3.8, 4) is 0 Å². The molecule has 0 N–H and O–H groups in total. The van der Waals surface area contributed by atoms with Gasteiger partial charge in [0.25, 0.3) is 0 Å². The molecule has 1 aromatic rings. The lowest BCUT2D eigenvalue weighted by atomic mass is 10.1. The van der Waals surface area contributed by atoms with Crippen molar-refractivity contribution in [1.29, 1.82) is 0 Å². The minimum atomic E-state index is 0.255. The van der Waals surface area contributed by atoms with Crippen LogP contribution in [-0.2, 0) is 4.79 Å². The van der Waals surface area contributed by atoms with Gasteiger partial charge in [-0.25, -0.2) is 0 Å². The summed E-state index contributed by atoms with van der Waals surface area (Å²) in [6.45, 7) is 4.20. The molecule has 1 aromatic carbocycles. The van der Waals surface area contributed by atoms with Gasteiger partial charge in [-0.05, 0) is 18.2 Å². The van der Waals surface area contributed by atoms with E-state index < -0.39 is 0 Å². The number of hydrogen-bond donors (Lipinski definition) is 0. The quantitative estimate of drug-likeness (QED) is 0.808. The molecule has 0 spiro atoms. The first-order chi connectivity index (χ1) is 8.19. The Morgan fingerprint density at radius 1 is 1.35 bits per heavy atom. The number of thioether (sulfide) groups is 2. The summed E-state index contributed by atoms with van der Waals surface area (Å²) >= 11 is 3.58. The fourth-order valence-corrected chi connectivity index (χ4v) is 4.27. The molecule has 17 heavy (non-hydrogen) atoms. The second-order valence-electron chi connectivity index (χ2n) is 4.08. The summed E-state index contributed by atoms with van der Waals surface area (Å²) in [4.78, 5) is 11.7. The van der Waals surface area contributed by atoms with E-state index in [2.05, 4.69) is 38.1 Å². The van der Waals surface area contributed by atoms with E-state index in [1.54, 1.807) is 17.8 Å². The maximum absolute atomic E-state index is 11.7. The van der Waals surface area contributed by atoms with E-state index in [9.17, 15) is 4.79 Å². The molecule has 3 heteroatoms. The molecule has 1 nitrogen and oxygen atoms in total. The van der Waals surface area contributed by atoms with Crippen LogP contribution in [0.4, 0.5) is 0 Å². The first kappa shape index (κ1) is 12.8. The van der Waals surface area contributed by atoms with E-state index in [4.69, 9.17) is 0 Å². The molecule has 1 aliphatic heterocycles. The SMILES string of the molecule is CCSC1=CC(=O)C[C@@H](c2ccc(C)cc2)S1. The number of aryl methyl sites for hydroxylation is 1. The van der Waals surface area contributed by atoms with Gasteiger partial charge in [-0.2, -0.15) is 0 Å². The van der Waals surface area contributed by atoms with Gasteiger partial charge < -0.3 is 0 Å². The summed E-state index contributed by atoms with van der Waals surface area (Å²) in [5.41, 5.74) is 2.52. The predicted molar refractivity (Wildman–Crippen MR) is 77.4 cm³/mol. The van der Waals surface area contributed by atoms with Gasteiger partial charge in [0.2, 0.25) is 0 Å². The lowest BCUT2D eigenvalue weighted by Gasteiger charge is -2.21. The molecule has 90 valence electrons. The lowest BCUT2D eigenvalue weighted by Crippen LogP contribution is -2.07. The summed E-state index contributed by atoms with van der Waals surface area (Å²) in [6, 6.07) is 8.51. The molecule has 0 radical (unpaired) electrons. The highest BCUT2D eigenvalue weighted by molar-refractivity contribution is 8.22. The number of carbonyl (C=O) groups excluding carboxylic acids is 1. The van der Waals surface area contributed by atoms with Crippen LogP contribution >= 0.6 is 23.5 Å². The molecule has 1 atom stereocenters. The van der Waals surface area contributed by atoms with Gasteiger partial charge in [0.05, 0.1) is 0 Å². The summed E-state index contributed by atoms with van der Waals surface area (Å²) in [5.74, 6) is 1.28. The first-order valence-electron chi connectivity index (χ1n) is 5.79. The minimum absolute atomic E-state index is 0.255. The third-order valence-corrected chi connectivity index (χ3v) is 5.07. The average molecular weight is 264 g/mol. The van der Waals surface area contributed by atoms with Crippen molar-refractivity contribution in [2.24, 2.45) is 0 Å². The van der Waals surface area contributed by atoms with E-state index >= 15 is 0 Å². The summed E-state index contributed by atoms with van der Waals surface area (Å²) in [7, 11) is 0.